The second kappa shape index (κ2) is 7.53. The summed E-state index contributed by atoms with van der Waals surface area (Å²) in [5.41, 5.74) is 0. The van der Waals surface area contributed by atoms with Crippen LogP contribution in [0.2, 0.25) is 5.02 Å². The fourth-order valence-electron chi connectivity index (χ4n) is 2.52. The molecule has 1 atom stereocenters. The van der Waals surface area contributed by atoms with E-state index in [1.54, 1.807) is 12.1 Å². The van der Waals surface area contributed by atoms with Gasteiger partial charge >= 0.3 is 0 Å². The number of nitrogens with zero attached hydrogens (tertiary/aromatic N) is 1. The number of carbonyl (C=O) groups excluding carboxylic acids is 1. The summed E-state index contributed by atoms with van der Waals surface area (Å²) in [6.45, 7) is 4.61. The number of hydrogen-bond donors (Lipinski definition) is 0. The summed E-state index contributed by atoms with van der Waals surface area (Å²) in [7, 11) is 0. The van der Waals surface area contributed by atoms with E-state index in [1.807, 2.05) is 17.0 Å². The molecule has 4 heteroatoms. The van der Waals surface area contributed by atoms with Gasteiger partial charge in [0.15, 0.2) is 0 Å². The predicted octanol–water partition coefficient (Wildman–Crippen LogP) is 3.76. The highest BCUT2D eigenvalue weighted by Gasteiger charge is 2.20. The van der Waals surface area contributed by atoms with Gasteiger partial charge in [0, 0.05) is 24.5 Å². The molecule has 1 fully saturated rings. The quantitative estimate of drug-likeness (QED) is 0.774. The topological polar surface area (TPSA) is 29.5 Å². The first-order valence-corrected chi connectivity index (χ1v) is 7.69. The van der Waals surface area contributed by atoms with E-state index < -0.39 is 0 Å². The van der Waals surface area contributed by atoms with Crippen LogP contribution in [0, 0.1) is 5.92 Å². The van der Waals surface area contributed by atoms with Crippen molar-refractivity contribution < 1.29 is 9.53 Å². The Kier molecular flexibility index (Phi) is 5.72. The van der Waals surface area contributed by atoms with E-state index in [0.29, 0.717) is 24.0 Å². The van der Waals surface area contributed by atoms with E-state index in [0.717, 1.165) is 31.7 Å². The van der Waals surface area contributed by atoms with E-state index in [9.17, 15) is 4.79 Å². The Morgan fingerprint density at radius 2 is 2.15 bits per heavy atom. The summed E-state index contributed by atoms with van der Waals surface area (Å²) in [4.78, 5) is 14.0. The van der Waals surface area contributed by atoms with Crippen LogP contribution in [0.25, 0.3) is 0 Å². The molecule has 0 bridgehead atoms. The third-order valence-corrected chi connectivity index (χ3v) is 3.88. The summed E-state index contributed by atoms with van der Waals surface area (Å²) < 4.78 is 5.59. The number of likely N-dealkylation sites (tertiary alicyclic amines) is 1. The van der Waals surface area contributed by atoms with E-state index in [1.165, 1.54) is 6.42 Å². The van der Waals surface area contributed by atoms with Gasteiger partial charge in [-0.3, -0.25) is 4.79 Å². The number of ether oxygens (including phenoxy) is 1. The summed E-state index contributed by atoms with van der Waals surface area (Å²) in [5.74, 6) is 1.70. The zero-order valence-corrected chi connectivity index (χ0v) is 12.7. The zero-order chi connectivity index (χ0) is 14.4. The lowest BCUT2D eigenvalue weighted by Crippen LogP contribution is -2.39. The van der Waals surface area contributed by atoms with Gasteiger partial charge in [-0.25, -0.2) is 0 Å². The summed E-state index contributed by atoms with van der Waals surface area (Å²) >= 11 is 5.81. The van der Waals surface area contributed by atoms with Crippen LogP contribution in [0.4, 0.5) is 0 Å². The molecular weight excluding hydrogens is 274 g/mol. The van der Waals surface area contributed by atoms with Gasteiger partial charge in [0.05, 0.1) is 6.61 Å². The molecule has 3 nitrogen and oxygen atoms in total. The average molecular weight is 296 g/mol. The Hall–Kier alpha value is -1.22. The fourth-order valence-corrected chi connectivity index (χ4v) is 2.64. The number of carbonyl (C=O) groups is 1. The van der Waals surface area contributed by atoms with Gasteiger partial charge in [-0.1, -0.05) is 18.5 Å². The molecule has 1 amide bonds. The lowest BCUT2D eigenvalue weighted by atomic mass is 10.00. The monoisotopic (exact) mass is 295 g/mol. The van der Waals surface area contributed by atoms with Crippen molar-refractivity contribution >= 4 is 17.5 Å². The smallest absolute Gasteiger partial charge is 0.222 e. The van der Waals surface area contributed by atoms with Crippen LogP contribution in [-0.2, 0) is 4.79 Å². The molecule has 1 aliphatic rings. The molecular formula is C16H22ClNO2. The van der Waals surface area contributed by atoms with Crippen LogP contribution in [-0.4, -0.2) is 30.5 Å². The Bertz CT molecular complexity index is 433. The molecule has 0 spiro atoms. The van der Waals surface area contributed by atoms with Gasteiger partial charge in [-0.2, -0.15) is 0 Å². The van der Waals surface area contributed by atoms with E-state index in [-0.39, 0.29) is 5.91 Å². The first kappa shape index (κ1) is 15.2. The Labute approximate surface area is 125 Å². The van der Waals surface area contributed by atoms with Crippen molar-refractivity contribution in [1.82, 2.24) is 4.90 Å². The number of piperidine rings is 1. The van der Waals surface area contributed by atoms with Crippen LogP contribution in [0.5, 0.6) is 5.75 Å². The minimum atomic E-state index is 0.260. The standard InChI is InChI=1S/C16H22ClNO2/c1-13-4-2-10-18(12-13)16(19)5-3-11-20-15-8-6-14(17)7-9-15/h6-9,13H,2-5,10-12H2,1H3. The van der Waals surface area contributed by atoms with Gasteiger partial charge in [0.25, 0.3) is 0 Å². The third kappa shape index (κ3) is 4.71. The lowest BCUT2D eigenvalue weighted by Gasteiger charge is -2.31. The molecule has 0 saturated carbocycles. The van der Waals surface area contributed by atoms with Crippen LogP contribution in [0.3, 0.4) is 0 Å². The van der Waals surface area contributed by atoms with Crippen molar-refractivity contribution in [3.63, 3.8) is 0 Å². The van der Waals surface area contributed by atoms with Crippen molar-refractivity contribution in [3.8, 4) is 5.75 Å². The molecule has 1 aromatic carbocycles. The normalized spacial score (nSPS) is 18.9. The molecule has 0 aromatic heterocycles. The maximum Gasteiger partial charge on any atom is 0.222 e. The highest BCUT2D eigenvalue weighted by Crippen LogP contribution is 2.17. The van der Waals surface area contributed by atoms with Gasteiger partial charge in [-0.15, -0.1) is 0 Å². The predicted molar refractivity (Wildman–Crippen MR) is 81.2 cm³/mol. The van der Waals surface area contributed by atoms with Crippen molar-refractivity contribution in [2.45, 2.75) is 32.6 Å². The number of benzene rings is 1. The molecule has 1 unspecified atom stereocenters. The van der Waals surface area contributed by atoms with E-state index >= 15 is 0 Å². The number of hydrogen-bond acceptors (Lipinski definition) is 2. The molecule has 1 aliphatic heterocycles. The van der Waals surface area contributed by atoms with Crippen LogP contribution < -0.4 is 4.74 Å². The number of halogens is 1. The minimum absolute atomic E-state index is 0.260. The SMILES string of the molecule is CC1CCCN(C(=O)CCCOc2ccc(Cl)cc2)C1. The second-order valence-corrected chi connectivity index (χ2v) is 5.93. The number of amides is 1. The molecule has 0 aliphatic carbocycles. The highest BCUT2D eigenvalue weighted by atomic mass is 35.5. The molecule has 1 saturated heterocycles. The molecule has 20 heavy (non-hydrogen) atoms. The molecule has 1 aromatic rings. The zero-order valence-electron chi connectivity index (χ0n) is 12.0. The second-order valence-electron chi connectivity index (χ2n) is 5.49. The molecule has 1 heterocycles. The largest absolute Gasteiger partial charge is 0.494 e. The molecule has 0 N–H and O–H groups in total. The van der Waals surface area contributed by atoms with Crippen molar-refractivity contribution in [3.05, 3.63) is 29.3 Å². The Balaban J connectivity index is 1.65. The maximum absolute atomic E-state index is 12.1. The number of rotatable bonds is 5. The molecule has 2 rings (SSSR count). The van der Waals surface area contributed by atoms with Crippen molar-refractivity contribution in [1.29, 1.82) is 0 Å². The Morgan fingerprint density at radius 1 is 1.40 bits per heavy atom. The van der Waals surface area contributed by atoms with Gasteiger partial charge in [0.1, 0.15) is 5.75 Å². The Morgan fingerprint density at radius 3 is 2.85 bits per heavy atom. The van der Waals surface area contributed by atoms with Crippen molar-refractivity contribution in [2.75, 3.05) is 19.7 Å². The van der Waals surface area contributed by atoms with Crippen LogP contribution >= 0.6 is 11.6 Å². The molecule has 110 valence electrons. The summed E-state index contributed by atoms with van der Waals surface area (Å²) in [5, 5.41) is 0.701. The molecule has 0 radical (unpaired) electrons. The minimum Gasteiger partial charge on any atom is -0.494 e. The highest BCUT2D eigenvalue weighted by molar-refractivity contribution is 6.30. The van der Waals surface area contributed by atoms with Gasteiger partial charge < -0.3 is 9.64 Å². The van der Waals surface area contributed by atoms with Crippen molar-refractivity contribution in [2.24, 2.45) is 5.92 Å². The fraction of sp³-hybridized carbons (Fsp3) is 0.562. The maximum atomic E-state index is 12.1. The summed E-state index contributed by atoms with van der Waals surface area (Å²) in [6.07, 6.45) is 3.70. The first-order valence-electron chi connectivity index (χ1n) is 7.31. The first-order chi connectivity index (χ1) is 9.65. The van der Waals surface area contributed by atoms with E-state index in [2.05, 4.69) is 6.92 Å². The lowest BCUT2D eigenvalue weighted by molar-refractivity contribution is -0.133. The third-order valence-electron chi connectivity index (χ3n) is 3.63. The summed E-state index contributed by atoms with van der Waals surface area (Å²) in [6, 6.07) is 7.29. The average Bonchev–Trinajstić information content (AvgIpc) is 2.45. The van der Waals surface area contributed by atoms with Gasteiger partial charge in [0.2, 0.25) is 5.91 Å². The van der Waals surface area contributed by atoms with Crippen LogP contribution in [0.1, 0.15) is 32.6 Å². The van der Waals surface area contributed by atoms with Crippen LogP contribution in [0.15, 0.2) is 24.3 Å². The van der Waals surface area contributed by atoms with Gasteiger partial charge in [-0.05, 0) is 49.4 Å². The van der Waals surface area contributed by atoms with E-state index in [4.69, 9.17) is 16.3 Å².